The summed E-state index contributed by atoms with van der Waals surface area (Å²) in [6, 6.07) is 30.3. The van der Waals surface area contributed by atoms with E-state index < -0.39 is 0 Å². The molecule has 3 aromatic carbocycles. The topological polar surface area (TPSA) is 35.6 Å². The summed E-state index contributed by atoms with van der Waals surface area (Å²) in [5, 5.41) is 4.96. The van der Waals surface area contributed by atoms with Crippen LogP contribution in [0.15, 0.2) is 97.3 Å². The molecule has 1 aliphatic rings. The van der Waals surface area contributed by atoms with E-state index in [1.54, 1.807) is 0 Å². The lowest BCUT2D eigenvalue weighted by Gasteiger charge is -2.34. The summed E-state index contributed by atoms with van der Waals surface area (Å²) in [5.41, 5.74) is 8.12. The van der Waals surface area contributed by atoms with Crippen molar-refractivity contribution >= 4 is 43.7 Å². The monoisotopic (exact) mass is 450 g/mol. The van der Waals surface area contributed by atoms with Gasteiger partial charge in [-0.25, -0.2) is 9.97 Å². The Bertz CT molecular complexity index is 1970. The highest BCUT2D eigenvalue weighted by Crippen LogP contribution is 2.51. The number of para-hydroxylation sites is 2. The van der Waals surface area contributed by atoms with Gasteiger partial charge in [-0.15, -0.1) is 0 Å². The molecule has 166 valence electrons. The Labute approximate surface area is 202 Å². The van der Waals surface area contributed by atoms with Gasteiger partial charge in [0.15, 0.2) is 0 Å². The first-order chi connectivity index (χ1) is 17.2. The second kappa shape index (κ2) is 6.36. The van der Waals surface area contributed by atoms with Crippen LogP contribution in [0.2, 0.25) is 0 Å². The molecule has 4 aromatic heterocycles. The quantitative estimate of drug-likeness (QED) is 0.263. The van der Waals surface area contributed by atoms with E-state index in [9.17, 15) is 0 Å². The maximum absolute atomic E-state index is 4.87. The van der Waals surface area contributed by atoms with E-state index in [2.05, 4.69) is 102 Å². The predicted molar refractivity (Wildman–Crippen MR) is 143 cm³/mol. The average molecular weight is 451 g/mol. The van der Waals surface area contributed by atoms with Gasteiger partial charge in [0.25, 0.3) is 0 Å². The van der Waals surface area contributed by atoms with Crippen molar-refractivity contribution in [1.29, 1.82) is 0 Å². The number of fused-ring (bicyclic) bond motifs is 9. The van der Waals surface area contributed by atoms with Crippen molar-refractivity contribution in [2.75, 3.05) is 0 Å². The molecule has 0 amide bonds. The van der Waals surface area contributed by atoms with E-state index in [0.717, 1.165) is 16.9 Å². The van der Waals surface area contributed by atoms with Crippen molar-refractivity contribution in [3.63, 3.8) is 0 Å². The molecule has 8 rings (SSSR count). The van der Waals surface area contributed by atoms with E-state index in [1.165, 1.54) is 49.5 Å². The van der Waals surface area contributed by atoms with Crippen LogP contribution in [0.5, 0.6) is 0 Å². The van der Waals surface area contributed by atoms with Crippen LogP contribution in [-0.2, 0) is 5.41 Å². The van der Waals surface area contributed by atoms with Crippen molar-refractivity contribution in [3.8, 4) is 11.5 Å². The molecule has 0 radical (unpaired) electrons. The number of nitrogens with zero attached hydrogens (tertiary/aromatic N) is 4. The first-order valence-electron chi connectivity index (χ1n) is 12.0. The standard InChI is InChI=1S/C31H22N4/c1-31(2)23-14-9-17-33-30(23)35-28-22(20-13-8-16-32-29(20)35)18-25-26(27(28)31)21-12-6-7-15-24(21)34(25)19-10-4-3-5-11-19/h3-18H,1-2H3. The fourth-order valence-corrected chi connectivity index (χ4v) is 6.31. The van der Waals surface area contributed by atoms with Gasteiger partial charge in [-0.05, 0) is 48.0 Å². The highest BCUT2D eigenvalue weighted by Gasteiger charge is 2.39. The second-order valence-electron chi connectivity index (χ2n) is 9.94. The second-order valence-corrected chi connectivity index (χ2v) is 9.94. The van der Waals surface area contributed by atoms with Crippen molar-refractivity contribution in [3.05, 3.63) is 108 Å². The van der Waals surface area contributed by atoms with E-state index in [1.807, 2.05) is 18.5 Å². The van der Waals surface area contributed by atoms with E-state index in [4.69, 9.17) is 9.97 Å². The summed E-state index contributed by atoms with van der Waals surface area (Å²) in [6.07, 6.45) is 3.77. The van der Waals surface area contributed by atoms with Crippen LogP contribution in [0, 0.1) is 0 Å². The highest BCUT2D eigenvalue weighted by atomic mass is 15.1. The molecule has 0 spiro atoms. The molecule has 5 heterocycles. The first-order valence-corrected chi connectivity index (χ1v) is 12.0. The Balaban J connectivity index is 1.72. The summed E-state index contributed by atoms with van der Waals surface area (Å²) in [6.45, 7) is 4.68. The fourth-order valence-electron chi connectivity index (χ4n) is 6.31. The van der Waals surface area contributed by atoms with Crippen LogP contribution in [0.1, 0.15) is 25.0 Å². The van der Waals surface area contributed by atoms with Crippen LogP contribution < -0.4 is 0 Å². The zero-order valence-electron chi connectivity index (χ0n) is 19.5. The summed E-state index contributed by atoms with van der Waals surface area (Å²) in [5.74, 6) is 0.981. The van der Waals surface area contributed by atoms with Crippen LogP contribution >= 0.6 is 0 Å². The molecule has 0 atom stereocenters. The number of aromatic nitrogens is 4. The van der Waals surface area contributed by atoms with Gasteiger partial charge in [0.1, 0.15) is 11.5 Å². The Morgan fingerprint density at radius 3 is 2.29 bits per heavy atom. The number of rotatable bonds is 1. The predicted octanol–water partition coefficient (Wildman–Crippen LogP) is 7.31. The lowest BCUT2D eigenvalue weighted by molar-refractivity contribution is 0.630. The van der Waals surface area contributed by atoms with Crippen LogP contribution in [-0.4, -0.2) is 19.1 Å². The SMILES string of the molecule is CC1(C)c2cccnc2-n2c3ncccc3c3cc4c(c1c32)c1ccccc1n4-c1ccccc1. The van der Waals surface area contributed by atoms with Gasteiger partial charge in [-0.3, -0.25) is 4.57 Å². The van der Waals surface area contributed by atoms with Crippen LogP contribution in [0.25, 0.3) is 55.2 Å². The van der Waals surface area contributed by atoms with E-state index in [-0.39, 0.29) is 5.41 Å². The largest absolute Gasteiger partial charge is 0.309 e. The first kappa shape index (κ1) is 18.9. The minimum atomic E-state index is -0.239. The van der Waals surface area contributed by atoms with Gasteiger partial charge in [0.2, 0.25) is 0 Å². The maximum atomic E-state index is 4.87. The lowest BCUT2D eigenvalue weighted by atomic mass is 9.74. The average Bonchev–Trinajstić information content (AvgIpc) is 3.40. The minimum absolute atomic E-state index is 0.239. The van der Waals surface area contributed by atoms with Gasteiger partial charge in [-0.2, -0.15) is 0 Å². The highest BCUT2D eigenvalue weighted by molar-refractivity contribution is 6.22. The molecule has 1 aliphatic heterocycles. The molecular weight excluding hydrogens is 428 g/mol. The third-order valence-electron chi connectivity index (χ3n) is 7.76. The lowest BCUT2D eigenvalue weighted by Crippen LogP contribution is -2.27. The molecule has 4 heteroatoms. The van der Waals surface area contributed by atoms with Gasteiger partial charge < -0.3 is 4.57 Å². The molecule has 0 unspecified atom stereocenters. The zero-order chi connectivity index (χ0) is 23.3. The summed E-state index contributed by atoms with van der Waals surface area (Å²) < 4.78 is 4.70. The van der Waals surface area contributed by atoms with Crippen LogP contribution in [0.4, 0.5) is 0 Å². The van der Waals surface area contributed by atoms with Gasteiger partial charge >= 0.3 is 0 Å². The van der Waals surface area contributed by atoms with Crippen molar-refractivity contribution < 1.29 is 0 Å². The third-order valence-corrected chi connectivity index (χ3v) is 7.76. The molecule has 4 nitrogen and oxygen atoms in total. The van der Waals surface area contributed by atoms with Crippen molar-refractivity contribution in [2.24, 2.45) is 0 Å². The Hall–Kier alpha value is -4.44. The Morgan fingerprint density at radius 1 is 0.657 bits per heavy atom. The van der Waals surface area contributed by atoms with Gasteiger partial charge in [0, 0.05) is 50.6 Å². The maximum Gasteiger partial charge on any atom is 0.146 e. The number of benzene rings is 3. The number of pyridine rings is 2. The molecule has 35 heavy (non-hydrogen) atoms. The molecule has 0 bridgehead atoms. The molecule has 0 aliphatic carbocycles. The molecule has 0 saturated heterocycles. The zero-order valence-corrected chi connectivity index (χ0v) is 19.5. The molecular formula is C31H22N4. The Morgan fingerprint density at radius 2 is 1.40 bits per heavy atom. The smallest absolute Gasteiger partial charge is 0.146 e. The number of hydrogen-bond acceptors (Lipinski definition) is 2. The van der Waals surface area contributed by atoms with Crippen molar-refractivity contribution in [1.82, 2.24) is 19.1 Å². The van der Waals surface area contributed by atoms with E-state index in [0.29, 0.717) is 0 Å². The van der Waals surface area contributed by atoms with E-state index >= 15 is 0 Å². The third kappa shape index (κ3) is 2.22. The molecule has 0 fully saturated rings. The minimum Gasteiger partial charge on any atom is -0.309 e. The van der Waals surface area contributed by atoms with Crippen LogP contribution in [0.3, 0.4) is 0 Å². The Kier molecular flexibility index (Phi) is 3.44. The normalized spacial score (nSPS) is 14.2. The molecule has 0 saturated carbocycles. The van der Waals surface area contributed by atoms with Crippen molar-refractivity contribution in [2.45, 2.75) is 19.3 Å². The summed E-state index contributed by atoms with van der Waals surface area (Å²) >= 11 is 0. The summed E-state index contributed by atoms with van der Waals surface area (Å²) in [7, 11) is 0. The number of hydrogen-bond donors (Lipinski definition) is 0. The summed E-state index contributed by atoms with van der Waals surface area (Å²) in [4.78, 5) is 9.72. The molecule has 7 aromatic rings. The fraction of sp³-hybridized carbons (Fsp3) is 0.0968. The van der Waals surface area contributed by atoms with Gasteiger partial charge in [0.05, 0.1) is 16.6 Å². The van der Waals surface area contributed by atoms with Gasteiger partial charge in [-0.1, -0.05) is 56.3 Å². The molecule has 0 N–H and O–H groups in total.